The molecule has 0 amide bonds. The number of unbranched alkanes of at least 4 members (excludes halogenated alkanes) is 3. The van der Waals surface area contributed by atoms with Crippen LogP contribution in [0.3, 0.4) is 0 Å². The summed E-state index contributed by atoms with van der Waals surface area (Å²) in [4.78, 5) is 4.21. The molecule has 1 aliphatic rings. The van der Waals surface area contributed by atoms with E-state index in [-0.39, 0.29) is 11.2 Å². The van der Waals surface area contributed by atoms with Crippen molar-refractivity contribution in [3.63, 3.8) is 0 Å². The molecule has 1 N–H and O–H groups in total. The lowest BCUT2D eigenvalue weighted by Crippen LogP contribution is -2.30. The number of nitrogens with zero attached hydrogens (tertiary/aromatic N) is 1. The molecule has 2 rings (SSSR count). The highest BCUT2D eigenvalue weighted by atomic mass is 32.2. The Bertz CT molecular complexity index is 527. The number of aromatic nitrogens is 1. The maximum atomic E-state index is 12.8. The molecule has 0 spiro atoms. The minimum Gasteiger partial charge on any atom is -0.392 e. The lowest BCUT2D eigenvalue weighted by molar-refractivity contribution is 0.146. The Balaban J connectivity index is 2.11. The van der Waals surface area contributed by atoms with E-state index in [1.807, 2.05) is 30.4 Å². The zero-order valence-corrected chi connectivity index (χ0v) is 13.9. The van der Waals surface area contributed by atoms with Crippen molar-refractivity contribution in [3.8, 4) is 0 Å². The van der Waals surface area contributed by atoms with Crippen molar-refractivity contribution in [1.82, 2.24) is 4.98 Å². The van der Waals surface area contributed by atoms with E-state index in [0.717, 1.165) is 12.8 Å². The SMILES string of the molecule is CCCCC/C=C/C([C@@H]1C=CC[C@H]1O)S(=O)c1ccccn1. The van der Waals surface area contributed by atoms with Gasteiger partial charge >= 0.3 is 0 Å². The molecule has 22 heavy (non-hydrogen) atoms. The van der Waals surface area contributed by atoms with Crippen molar-refractivity contribution >= 4 is 10.8 Å². The zero-order chi connectivity index (χ0) is 15.8. The van der Waals surface area contributed by atoms with Crippen LogP contribution in [0, 0.1) is 5.92 Å². The van der Waals surface area contributed by atoms with E-state index in [0.29, 0.717) is 11.4 Å². The Kier molecular flexibility index (Phi) is 7.00. The fourth-order valence-electron chi connectivity index (χ4n) is 2.68. The number of pyridine rings is 1. The Morgan fingerprint density at radius 1 is 1.45 bits per heavy atom. The maximum absolute atomic E-state index is 12.8. The monoisotopic (exact) mass is 319 g/mol. The summed E-state index contributed by atoms with van der Waals surface area (Å²) in [5.41, 5.74) is 0. The summed E-state index contributed by atoms with van der Waals surface area (Å²) in [5.74, 6) is -0.0923. The van der Waals surface area contributed by atoms with Gasteiger partial charge in [-0.05, 0) is 31.4 Å². The van der Waals surface area contributed by atoms with Gasteiger partial charge < -0.3 is 5.11 Å². The standard InChI is InChI=1S/C18H25NO2S/c1-2-3-4-5-6-12-17(15-10-9-11-16(15)20)22(21)18-13-7-8-14-19-18/h6-10,12-17,20H,2-5,11H2,1H3/b12-6+/t15-,16-,17?,22?/m1/s1. The lowest BCUT2D eigenvalue weighted by Gasteiger charge is -2.22. The van der Waals surface area contributed by atoms with Crippen LogP contribution in [0.4, 0.5) is 0 Å². The van der Waals surface area contributed by atoms with Gasteiger partial charge in [-0.15, -0.1) is 0 Å². The molecule has 0 saturated heterocycles. The highest BCUT2D eigenvalue weighted by molar-refractivity contribution is 7.85. The van der Waals surface area contributed by atoms with Crippen LogP contribution in [-0.2, 0) is 10.8 Å². The molecule has 0 aromatic carbocycles. The zero-order valence-electron chi connectivity index (χ0n) is 13.1. The quantitative estimate of drug-likeness (QED) is 0.588. The number of hydrogen-bond donors (Lipinski definition) is 1. The first-order chi connectivity index (χ1) is 10.7. The molecule has 0 aliphatic heterocycles. The average molecular weight is 319 g/mol. The molecule has 1 aromatic heterocycles. The van der Waals surface area contributed by atoms with E-state index in [1.54, 1.807) is 12.3 Å². The van der Waals surface area contributed by atoms with E-state index in [2.05, 4.69) is 18.0 Å². The number of aliphatic hydroxyl groups is 1. The summed E-state index contributed by atoms with van der Waals surface area (Å²) < 4.78 is 12.8. The molecule has 0 radical (unpaired) electrons. The summed E-state index contributed by atoms with van der Waals surface area (Å²) in [7, 11) is -1.25. The minimum atomic E-state index is -1.25. The summed E-state index contributed by atoms with van der Waals surface area (Å²) in [6.45, 7) is 2.18. The number of allylic oxidation sites excluding steroid dienone is 1. The van der Waals surface area contributed by atoms with Gasteiger partial charge in [0.15, 0.2) is 0 Å². The molecule has 2 unspecified atom stereocenters. The topological polar surface area (TPSA) is 50.2 Å². The predicted molar refractivity (Wildman–Crippen MR) is 91.0 cm³/mol. The fraction of sp³-hybridized carbons (Fsp3) is 0.500. The van der Waals surface area contributed by atoms with Crippen LogP contribution in [-0.4, -0.2) is 25.7 Å². The van der Waals surface area contributed by atoms with Gasteiger partial charge in [-0.25, -0.2) is 4.98 Å². The van der Waals surface area contributed by atoms with Crippen molar-refractivity contribution < 1.29 is 9.32 Å². The first-order valence-electron chi connectivity index (χ1n) is 8.07. The highest BCUT2D eigenvalue weighted by Crippen LogP contribution is 2.28. The molecule has 0 saturated carbocycles. The molecule has 4 atom stereocenters. The number of hydrogen-bond acceptors (Lipinski definition) is 3. The van der Waals surface area contributed by atoms with Crippen LogP contribution in [0.2, 0.25) is 0 Å². The molecular formula is C18H25NO2S. The molecule has 1 aliphatic carbocycles. The minimum absolute atomic E-state index is 0.0923. The molecule has 3 nitrogen and oxygen atoms in total. The van der Waals surface area contributed by atoms with Crippen molar-refractivity contribution in [3.05, 3.63) is 48.7 Å². The highest BCUT2D eigenvalue weighted by Gasteiger charge is 2.32. The predicted octanol–water partition coefficient (Wildman–Crippen LogP) is 3.63. The third-order valence-corrected chi connectivity index (χ3v) is 5.57. The normalized spacial score (nSPS) is 23.9. The van der Waals surface area contributed by atoms with Gasteiger partial charge in [0.25, 0.3) is 0 Å². The molecule has 1 aromatic rings. The maximum Gasteiger partial charge on any atom is 0.127 e. The Morgan fingerprint density at radius 2 is 2.32 bits per heavy atom. The Morgan fingerprint density at radius 3 is 2.95 bits per heavy atom. The molecule has 120 valence electrons. The first-order valence-corrected chi connectivity index (χ1v) is 9.28. The van der Waals surface area contributed by atoms with Crippen LogP contribution in [0.5, 0.6) is 0 Å². The van der Waals surface area contributed by atoms with E-state index >= 15 is 0 Å². The number of rotatable bonds is 8. The number of aliphatic hydroxyl groups excluding tert-OH is 1. The van der Waals surface area contributed by atoms with Crippen LogP contribution < -0.4 is 0 Å². The third-order valence-electron chi connectivity index (χ3n) is 3.95. The van der Waals surface area contributed by atoms with Gasteiger partial charge in [0, 0.05) is 12.1 Å². The lowest BCUT2D eigenvalue weighted by atomic mass is 10.0. The van der Waals surface area contributed by atoms with E-state index in [1.165, 1.54) is 12.8 Å². The first kappa shape index (κ1) is 17.1. The Hall–Kier alpha value is -1.26. The van der Waals surface area contributed by atoms with Crippen molar-refractivity contribution in [2.24, 2.45) is 5.92 Å². The van der Waals surface area contributed by atoms with E-state index in [4.69, 9.17) is 0 Å². The van der Waals surface area contributed by atoms with Gasteiger partial charge in [-0.2, -0.15) is 0 Å². The summed E-state index contributed by atoms with van der Waals surface area (Å²) >= 11 is 0. The summed E-state index contributed by atoms with van der Waals surface area (Å²) in [6, 6.07) is 5.46. The van der Waals surface area contributed by atoms with Gasteiger partial charge in [-0.1, -0.05) is 50.1 Å². The molecule has 4 heteroatoms. The van der Waals surface area contributed by atoms with Crippen LogP contribution in [0.25, 0.3) is 0 Å². The molecule has 1 heterocycles. The van der Waals surface area contributed by atoms with Crippen molar-refractivity contribution in [2.45, 2.75) is 55.4 Å². The second-order valence-electron chi connectivity index (χ2n) is 5.66. The average Bonchev–Trinajstić information content (AvgIpc) is 2.97. The van der Waals surface area contributed by atoms with E-state index < -0.39 is 16.9 Å². The second-order valence-corrected chi connectivity index (χ2v) is 7.22. The fourth-order valence-corrected chi connectivity index (χ4v) is 4.15. The summed E-state index contributed by atoms with van der Waals surface area (Å²) in [5, 5.41) is 10.5. The second kappa shape index (κ2) is 9.01. The van der Waals surface area contributed by atoms with Crippen LogP contribution >= 0.6 is 0 Å². The largest absolute Gasteiger partial charge is 0.392 e. The van der Waals surface area contributed by atoms with Gasteiger partial charge in [0.2, 0.25) is 0 Å². The van der Waals surface area contributed by atoms with Gasteiger partial charge in [-0.3, -0.25) is 4.21 Å². The van der Waals surface area contributed by atoms with Crippen LogP contribution in [0.1, 0.15) is 39.0 Å². The Labute approximate surface area is 135 Å². The van der Waals surface area contributed by atoms with E-state index in [9.17, 15) is 9.32 Å². The van der Waals surface area contributed by atoms with Crippen LogP contribution in [0.15, 0.2) is 53.7 Å². The smallest absolute Gasteiger partial charge is 0.127 e. The van der Waals surface area contributed by atoms with Gasteiger partial charge in [0.05, 0.1) is 22.2 Å². The molecule has 0 fully saturated rings. The van der Waals surface area contributed by atoms with Gasteiger partial charge in [0.1, 0.15) is 5.03 Å². The summed E-state index contributed by atoms with van der Waals surface area (Å²) in [6.07, 6.45) is 14.5. The van der Waals surface area contributed by atoms with Crippen molar-refractivity contribution in [1.29, 1.82) is 0 Å². The third kappa shape index (κ3) is 4.62. The van der Waals surface area contributed by atoms with Crippen molar-refractivity contribution in [2.75, 3.05) is 0 Å². The molecule has 0 bridgehead atoms. The molecular weight excluding hydrogens is 294 g/mol.